The second-order valence-electron chi connectivity index (χ2n) is 8.19. The number of carbonyl (C=O) groups excluding carboxylic acids is 1. The Bertz CT molecular complexity index is 1360. The van der Waals surface area contributed by atoms with Gasteiger partial charge in [-0.2, -0.15) is 18.4 Å². The van der Waals surface area contributed by atoms with Crippen LogP contribution in [0.1, 0.15) is 28.8 Å². The molecule has 7 nitrogen and oxygen atoms in total. The van der Waals surface area contributed by atoms with Crippen LogP contribution >= 0.6 is 23.2 Å². The number of halogens is 5. The van der Waals surface area contributed by atoms with E-state index in [1.807, 2.05) is 4.90 Å². The highest BCUT2D eigenvalue weighted by molar-refractivity contribution is 6.36. The molecular weight excluding hydrogens is 516 g/mol. The number of piperidine rings is 1. The van der Waals surface area contributed by atoms with Crippen molar-refractivity contribution in [3.63, 3.8) is 0 Å². The van der Waals surface area contributed by atoms with Crippen molar-refractivity contribution in [1.82, 2.24) is 9.97 Å². The number of alkyl halides is 3. The van der Waals surface area contributed by atoms with Crippen molar-refractivity contribution in [2.45, 2.75) is 25.1 Å². The van der Waals surface area contributed by atoms with Gasteiger partial charge in [0.25, 0.3) is 5.78 Å². The van der Waals surface area contributed by atoms with E-state index in [1.165, 1.54) is 6.07 Å². The monoisotopic (exact) mass is 534 g/mol. The van der Waals surface area contributed by atoms with Gasteiger partial charge in [0, 0.05) is 29.7 Å². The van der Waals surface area contributed by atoms with Crippen LogP contribution in [0.25, 0.3) is 11.3 Å². The van der Waals surface area contributed by atoms with E-state index >= 15 is 0 Å². The zero-order chi connectivity index (χ0) is 26.0. The van der Waals surface area contributed by atoms with Gasteiger partial charge in [0.1, 0.15) is 23.5 Å². The van der Waals surface area contributed by atoms with Crippen molar-refractivity contribution in [3.8, 4) is 17.3 Å². The van der Waals surface area contributed by atoms with Gasteiger partial charge < -0.3 is 16.0 Å². The number of rotatable bonds is 5. The second-order valence-corrected chi connectivity index (χ2v) is 9.03. The first-order valence-electron chi connectivity index (χ1n) is 10.8. The molecule has 0 bridgehead atoms. The first-order valence-corrected chi connectivity index (χ1v) is 11.6. The van der Waals surface area contributed by atoms with Gasteiger partial charge in [-0.1, -0.05) is 23.2 Å². The van der Waals surface area contributed by atoms with Crippen LogP contribution in [0.15, 0.2) is 42.5 Å². The molecule has 0 aliphatic carbocycles. The number of pyridine rings is 2. The molecule has 1 saturated heterocycles. The van der Waals surface area contributed by atoms with Crippen LogP contribution in [0.5, 0.6) is 0 Å². The van der Waals surface area contributed by atoms with Crippen LogP contribution in [0.2, 0.25) is 10.0 Å². The summed E-state index contributed by atoms with van der Waals surface area (Å²) in [4.78, 5) is 22.1. The van der Waals surface area contributed by atoms with E-state index in [9.17, 15) is 23.2 Å². The third kappa shape index (κ3) is 5.48. The van der Waals surface area contributed by atoms with E-state index < -0.39 is 23.3 Å². The number of nitrogen functional groups attached to an aromatic ring is 1. The second kappa shape index (κ2) is 10.2. The zero-order valence-corrected chi connectivity index (χ0v) is 20.1. The van der Waals surface area contributed by atoms with Gasteiger partial charge >= 0.3 is 6.18 Å². The lowest BCUT2D eigenvalue weighted by Gasteiger charge is -2.34. The number of carbonyl (C=O) groups is 1. The molecule has 0 spiro atoms. The van der Waals surface area contributed by atoms with Gasteiger partial charge in [-0.15, -0.1) is 0 Å². The highest BCUT2D eigenvalue weighted by Crippen LogP contribution is 2.32. The number of nitrogens with one attached hydrogen (secondary N) is 1. The first kappa shape index (κ1) is 25.5. The SMILES string of the molecule is N#Cc1ccc(-c2ccc(Cl)cc2Cl)nc1N1CCCC(Nc2ccc(C(=O)C(F)(F)F)c(N)n2)C1. The molecule has 0 radical (unpaired) electrons. The molecule has 12 heteroatoms. The molecule has 2 aromatic heterocycles. The minimum Gasteiger partial charge on any atom is -0.383 e. The highest BCUT2D eigenvalue weighted by atomic mass is 35.5. The van der Waals surface area contributed by atoms with E-state index in [1.54, 1.807) is 30.3 Å². The molecule has 36 heavy (non-hydrogen) atoms. The van der Waals surface area contributed by atoms with E-state index in [0.29, 0.717) is 45.8 Å². The third-order valence-electron chi connectivity index (χ3n) is 5.70. The van der Waals surface area contributed by atoms with Crippen molar-refractivity contribution in [1.29, 1.82) is 5.26 Å². The van der Waals surface area contributed by atoms with Gasteiger partial charge in [0.2, 0.25) is 0 Å². The number of aromatic nitrogens is 2. The lowest BCUT2D eigenvalue weighted by molar-refractivity contribution is -0.0884. The fraction of sp³-hybridized carbons (Fsp3) is 0.250. The number of benzene rings is 1. The lowest BCUT2D eigenvalue weighted by Crippen LogP contribution is -2.43. The topological polar surface area (TPSA) is 108 Å². The number of nitriles is 1. The number of hydrogen-bond donors (Lipinski definition) is 2. The molecule has 4 rings (SSSR count). The molecule has 1 atom stereocenters. The summed E-state index contributed by atoms with van der Waals surface area (Å²) in [6.45, 7) is 1.09. The average Bonchev–Trinajstić information content (AvgIpc) is 2.83. The summed E-state index contributed by atoms with van der Waals surface area (Å²) in [6, 6.07) is 12.8. The molecule has 1 fully saturated rings. The minimum absolute atomic E-state index is 0.161. The summed E-state index contributed by atoms with van der Waals surface area (Å²) in [5, 5.41) is 13.7. The van der Waals surface area contributed by atoms with Gasteiger partial charge in [0.05, 0.1) is 21.8 Å². The molecule has 0 saturated carbocycles. The summed E-state index contributed by atoms with van der Waals surface area (Å²) >= 11 is 12.3. The standard InChI is InChI=1S/C24H19Cl2F3N6O/c25-14-4-5-16(18(26)10-14)19-7-3-13(11-30)23(33-19)35-9-1-2-15(12-35)32-20-8-6-17(22(31)34-20)21(36)24(27,28)29/h3-8,10,15H,1-2,9,12H2,(H3,31,32,34). The Balaban J connectivity index is 1.55. The van der Waals surface area contributed by atoms with Crippen LogP contribution in [0.3, 0.4) is 0 Å². The molecule has 3 aromatic rings. The number of Topliss-reactive ketones (excluding diaryl/α,β-unsaturated/α-hetero) is 1. The Hall–Kier alpha value is -3.55. The van der Waals surface area contributed by atoms with Crippen LogP contribution < -0.4 is 16.0 Å². The van der Waals surface area contributed by atoms with Crippen LogP contribution in [0.4, 0.5) is 30.6 Å². The van der Waals surface area contributed by atoms with Crippen molar-refractivity contribution in [2.24, 2.45) is 0 Å². The van der Waals surface area contributed by atoms with Crippen LogP contribution in [0, 0.1) is 11.3 Å². The lowest BCUT2D eigenvalue weighted by atomic mass is 10.0. The maximum atomic E-state index is 12.7. The number of hydrogen-bond acceptors (Lipinski definition) is 7. The van der Waals surface area contributed by atoms with E-state index in [0.717, 1.165) is 18.9 Å². The van der Waals surface area contributed by atoms with Crippen LogP contribution in [-0.2, 0) is 0 Å². The van der Waals surface area contributed by atoms with Crippen molar-refractivity contribution >= 4 is 46.4 Å². The summed E-state index contributed by atoms with van der Waals surface area (Å²) in [5.74, 6) is -1.81. The maximum Gasteiger partial charge on any atom is 0.455 e. The van der Waals surface area contributed by atoms with E-state index in [2.05, 4.69) is 16.4 Å². The molecule has 3 heterocycles. The Kier molecular flexibility index (Phi) is 7.24. The van der Waals surface area contributed by atoms with Gasteiger partial charge in [-0.3, -0.25) is 4.79 Å². The third-order valence-corrected chi connectivity index (χ3v) is 6.25. The van der Waals surface area contributed by atoms with Crippen LogP contribution in [-0.4, -0.2) is 41.1 Å². The molecule has 0 amide bonds. The smallest absolute Gasteiger partial charge is 0.383 e. The molecular formula is C24H19Cl2F3N6O. The number of ketones is 1. The Labute approximate surface area is 214 Å². The van der Waals surface area contributed by atoms with Crippen molar-refractivity contribution in [3.05, 3.63) is 63.6 Å². The summed E-state index contributed by atoms with van der Waals surface area (Å²) < 4.78 is 38.2. The average molecular weight is 535 g/mol. The zero-order valence-electron chi connectivity index (χ0n) is 18.6. The van der Waals surface area contributed by atoms with Crippen molar-refractivity contribution in [2.75, 3.05) is 29.0 Å². The van der Waals surface area contributed by atoms with Gasteiger partial charge in [-0.05, 0) is 55.3 Å². The van der Waals surface area contributed by atoms with Gasteiger partial charge in [-0.25, -0.2) is 9.97 Å². The largest absolute Gasteiger partial charge is 0.455 e. The Morgan fingerprint density at radius 2 is 1.94 bits per heavy atom. The highest BCUT2D eigenvalue weighted by Gasteiger charge is 2.40. The fourth-order valence-corrected chi connectivity index (χ4v) is 4.53. The van der Waals surface area contributed by atoms with Gasteiger partial charge in [0.15, 0.2) is 0 Å². The number of nitrogens with two attached hydrogens (primary N) is 1. The molecule has 3 N–H and O–H groups in total. The molecule has 1 aromatic carbocycles. The predicted molar refractivity (Wildman–Crippen MR) is 132 cm³/mol. The summed E-state index contributed by atoms with van der Waals surface area (Å²) in [5.41, 5.74) is 6.58. The maximum absolute atomic E-state index is 12.7. The predicted octanol–water partition coefficient (Wildman–Crippen LogP) is 5.73. The summed E-state index contributed by atoms with van der Waals surface area (Å²) in [7, 11) is 0. The molecule has 1 unspecified atom stereocenters. The molecule has 1 aliphatic heterocycles. The molecule has 186 valence electrons. The van der Waals surface area contributed by atoms with Crippen molar-refractivity contribution < 1.29 is 18.0 Å². The number of anilines is 3. The molecule has 1 aliphatic rings. The minimum atomic E-state index is -5.04. The Morgan fingerprint density at radius 1 is 1.17 bits per heavy atom. The first-order chi connectivity index (χ1) is 17.1. The quantitative estimate of drug-likeness (QED) is 0.402. The fourth-order valence-electron chi connectivity index (χ4n) is 4.02. The van der Waals surface area contributed by atoms with E-state index in [4.69, 9.17) is 33.9 Å². The Morgan fingerprint density at radius 3 is 2.61 bits per heavy atom. The summed E-state index contributed by atoms with van der Waals surface area (Å²) in [6.07, 6.45) is -3.53. The normalized spacial score (nSPS) is 15.9. The van der Waals surface area contributed by atoms with E-state index in [-0.39, 0.29) is 11.9 Å². The number of nitrogens with zero attached hydrogens (tertiary/aromatic N) is 4.